The molecule has 2 aromatic heterocycles. The maximum Gasteiger partial charge on any atom is 3.00 e. The van der Waals surface area contributed by atoms with Crippen LogP contribution in [0.25, 0.3) is 11.2 Å². The van der Waals surface area contributed by atoms with Gasteiger partial charge in [-0.05, 0) is 0 Å². The summed E-state index contributed by atoms with van der Waals surface area (Å²) in [6, 6.07) is 0. The molecule has 1 aliphatic heterocycles. The average molecular weight is 480 g/mol. The Morgan fingerprint density at radius 2 is 1.89 bits per heavy atom. The van der Waals surface area contributed by atoms with Crippen molar-refractivity contribution < 1.29 is 64.7 Å². The second-order valence-corrected chi connectivity index (χ2v) is 8.10. The first-order chi connectivity index (χ1) is 12.5. The minimum Gasteiger partial charge on any atom is -0.790 e. The van der Waals surface area contributed by atoms with Crippen LogP contribution in [0, 0.1) is 0 Å². The smallest absolute Gasteiger partial charge is 0.790 e. The van der Waals surface area contributed by atoms with Crippen LogP contribution in [0.5, 0.6) is 0 Å². The first kappa shape index (κ1) is 23.3. The third-order valence-corrected chi connectivity index (χ3v) is 5.66. The summed E-state index contributed by atoms with van der Waals surface area (Å²) in [5.74, 6) is 0.0655. The number of aliphatic hydroxyl groups is 2. The molecule has 1 saturated heterocycles. The van der Waals surface area contributed by atoms with Crippen molar-refractivity contribution in [1.82, 2.24) is 19.5 Å². The van der Waals surface area contributed by atoms with E-state index in [-0.39, 0.29) is 34.1 Å². The number of phosphoric acid groups is 2. The van der Waals surface area contributed by atoms with Crippen LogP contribution in [-0.4, -0.2) is 54.7 Å². The molecule has 0 saturated carbocycles. The van der Waals surface area contributed by atoms with E-state index in [1.807, 2.05) is 0 Å². The maximum absolute atomic E-state index is 11.3. The van der Waals surface area contributed by atoms with Gasteiger partial charge in [0.1, 0.15) is 30.2 Å². The van der Waals surface area contributed by atoms with Gasteiger partial charge in [-0.3, -0.25) is 13.4 Å². The van der Waals surface area contributed by atoms with Gasteiger partial charge in [0.05, 0.1) is 20.8 Å². The molecule has 1 aliphatic rings. The Labute approximate surface area is 166 Å². The summed E-state index contributed by atoms with van der Waals surface area (Å²) in [5.41, 5.74) is 6.04. The largest absolute Gasteiger partial charge is 3.00 e. The number of phosphoric ester groups is 1. The number of aliphatic hydroxyl groups excluding tert-OH is 2. The summed E-state index contributed by atoms with van der Waals surface area (Å²) in [4.78, 5) is 43.7. The number of nitrogens with zero attached hydrogens (tertiary/aromatic N) is 4. The minimum absolute atomic E-state index is 0. The van der Waals surface area contributed by atoms with E-state index >= 15 is 0 Å². The zero-order valence-electron chi connectivity index (χ0n) is 13.4. The fraction of sp³-hybridized carbons (Fsp3) is 0.500. The molecule has 0 spiro atoms. The molecular weight excluding hydrogens is 468 g/mol. The standard InChI is InChI=1S/C10H15N5O10P2.Fe/c11-8-5-9(13-2-12-8)15(3-14-5)10-7(17)6(16)4(24-10)1-23-27(21,22)25-26(18,19)20;/h2-4,6-7,10,16-17H,1H2,(H,21,22)(H2,11,12,13)(H2,18,19,20);/q;+3/p-3/t4-,6-,7-,10-;/m1./s1. The molecule has 28 heavy (non-hydrogen) atoms. The van der Waals surface area contributed by atoms with Crippen LogP contribution in [0.2, 0.25) is 0 Å². The first-order valence-corrected chi connectivity index (χ1v) is 10.0. The normalized spacial score (nSPS) is 27.5. The number of anilines is 1. The Hall–Kier alpha value is -0.991. The number of hydrogen-bond acceptors (Lipinski definition) is 14. The van der Waals surface area contributed by atoms with E-state index in [0.717, 1.165) is 6.33 Å². The van der Waals surface area contributed by atoms with Crippen molar-refractivity contribution in [2.24, 2.45) is 0 Å². The van der Waals surface area contributed by atoms with E-state index in [1.54, 1.807) is 0 Å². The van der Waals surface area contributed by atoms with Crippen LogP contribution in [0.1, 0.15) is 6.23 Å². The van der Waals surface area contributed by atoms with Crippen molar-refractivity contribution >= 4 is 32.6 Å². The number of ether oxygens (including phenoxy) is 1. The molecule has 1 fully saturated rings. The van der Waals surface area contributed by atoms with E-state index in [1.165, 1.54) is 10.9 Å². The molecule has 5 atom stereocenters. The number of hydrogen-bond donors (Lipinski definition) is 3. The van der Waals surface area contributed by atoms with E-state index in [4.69, 9.17) is 10.5 Å². The van der Waals surface area contributed by atoms with Crippen LogP contribution in [0.4, 0.5) is 5.82 Å². The van der Waals surface area contributed by atoms with Crippen molar-refractivity contribution in [2.75, 3.05) is 12.3 Å². The zero-order chi connectivity index (χ0) is 20.0. The maximum atomic E-state index is 11.3. The first-order valence-electron chi connectivity index (χ1n) is 7.12. The van der Waals surface area contributed by atoms with Gasteiger partial charge in [-0.25, -0.2) is 15.0 Å². The molecule has 2 aromatic rings. The Morgan fingerprint density at radius 1 is 1.21 bits per heavy atom. The molecule has 4 N–H and O–H groups in total. The second kappa shape index (κ2) is 8.40. The van der Waals surface area contributed by atoms with Crippen molar-refractivity contribution in [1.29, 1.82) is 0 Å². The van der Waals surface area contributed by atoms with Gasteiger partial charge >= 0.3 is 17.1 Å². The number of rotatable bonds is 6. The summed E-state index contributed by atoms with van der Waals surface area (Å²) in [6.45, 7) is -0.931. The van der Waals surface area contributed by atoms with Crippen molar-refractivity contribution in [3.05, 3.63) is 12.7 Å². The van der Waals surface area contributed by atoms with E-state index in [0.29, 0.717) is 0 Å². The molecule has 155 valence electrons. The fourth-order valence-electron chi connectivity index (χ4n) is 2.46. The summed E-state index contributed by atoms with van der Waals surface area (Å²) in [7, 11) is -11.4. The topological polar surface area (TPSA) is 241 Å². The van der Waals surface area contributed by atoms with E-state index in [2.05, 4.69) is 23.8 Å². The van der Waals surface area contributed by atoms with Crippen LogP contribution in [0.3, 0.4) is 0 Å². The summed E-state index contributed by atoms with van der Waals surface area (Å²) >= 11 is 0. The molecule has 0 aliphatic carbocycles. The van der Waals surface area contributed by atoms with Gasteiger partial charge in [-0.1, -0.05) is 0 Å². The third-order valence-electron chi connectivity index (χ3n) is 3.60. The second-order valence-electron chi connectivity index (χ2n) is 5.40. The molecule has 0 bridgehead atoms. The Morgan fingerprint density at radius 3 is 2.54 bits per heavy atom. The summed E-state index contributed by atoms with van der Waals surface area (Å²) in [6.07, 6.45) is -3.48. The summed E-state index contributed by atoms with van der Waals surface area (Å²) in [5, 5.41) is 20.2. The molecule has 3 heterocycles. The molecule has 0 amide bonds. The zero-order valence-corrected chi connectivity index (χ0v) is 16.3. The molecule has 1 radical (unpaired) electrons. The van der Waals surface area contributed by atoms with Crippen LogP contribution >= 0.6 is 15.6 Å². The number of fused-ring (bicyclic) bond motifs is 1. The molecular formula is C10H12FeN5O10P2. The quantitative estimate of drug-likeness (QED) is 0.267. The van der Waals surface area contributed by atoms with Gasteiger partial charge in [-0.15, -0.1) is 0 Å². The van der Waals surface area contributed by atoms with Gasteiger partial charge in [0.25, 0.3) is 7.82 Å². The molecule has 15 nitrogen and oxygen atoms in total. The van der Waals surface area contributed by atoms with Gasteiger partial charge in [0.15, 0.2) is 17.7 Å². The Balaban J connectivity index is 0.00000280. The number of nitrogen functional groups attached to an aromatic ring is 1. The number of nitrogens with two attached hydrogens (primary N) is 1. The predicted octanol–water partition coefficient (Wildman–Crippen LogP) is -3.64. The van der Waals surface area contributed by atoms with Gasteiger partial charge in [0.2, 0.25) is 0 Å². The van der Waals surface area contributed by atoms with Crippen molar-refractivity contribution in [3.8, 4) is 0 Å². The van der Waals surface area contributed by atoms with Crippen molar-refractivity contribution in [2.45, 2.75) is 24.5 Å². The molecule has 18 heteroatoms. The Bertz CT molecular complexity index is 938. The monoisotopic (exact) mass is 480 g/mol. The van der Waals surface area contributed by atoms with Crippen LogP contribution in [-0.2, 0) is 39.8 Å². The SMILES string of the molecule is Nc1ncnc2c1ncn2[C@@H]1O[C@H](COP(=O)([O-])OP(=O)([O-])[O-])[C@@H](O)[C@H]1O.[Fe+3]. The number of aromatic nitrogens is 4. The molecule has 0 aromatic carbocycles. The van der Waals surface area contributed by atoms with Crippen molar-refractivity contribution in [3.63, 3.8) is 0 Å². The third kappa shape index (κ3) is 4.94. The van der Waals surface area contributed by atoms with E-state index < -0.39 is 46.8 Å². The van der Waals surface area contributed by atoms with Crippen LogP contribution in [0.15, 0.2) is 12.7 Å². The van der Waals surface area contributed by atoms with E-state index in [9.17, 15) is 34.0 Å². The minimum atomic E-state index is -5.85. The molecule has 1 unspecified atom stereocenters. The van der Waals surface area contributed by atoms with Gasteiger partial charge in [-0.2, -0.15) is 0 Å². The average Bonchev–Trinajstić information content (AvgIpc) is 3.07. The Kier molecular flexibility index (Phi) is 6.99. The predicted molar refractivity (Wildman–Crippen MR) is 77.9 cm³/mol. The fourth-order valence-corrected chi connectivity index (χ4v) is 3.96. The summed E-state index contributed by atoms with van der Waals surface area (Å²) < 4.78 is 35.7. The van der Waals surface area contributed by atoms with Gasteiger partial charge < -0.3 is 44.5 Å². The van der Waals surface area contributed by atoms with Crippen LogP contribution < -0.4 is 20.4 Å². The van der Waals surface area contributed by atoms with Gasteiger partial charge in [0, 0.05) is 0 Å². The molecule has 3 rings (SSSR count). The number of imidazole rings is 1.